The van der Waals surface area contributed by atoms with Gasteiger partial charge in [-0.15, -0.1) is 0 Å². The van der Waals surface area contributed by atoms with Gasteiger partial charge in [0.25, 0.3) is 0 Å². The minimum absolute atomic E-state index is 0.634. The van der Waals surface area contributed by atoms with Crippen molar-refractivity contribution in [1.29, 1.82) is 0 Å². The van der Waals surface area contributed by atoms with Crippen LogP contribution in [0.5, 0.6) is 0 Å². The van der Waals surface area contributed by atoms with Crippen LogP contribution in [-0.4, -0.2) is 19.1 Å². The molecule has 4 heterocycles. The average molecular weight is 729 g/mol. The minimum atomic E-state index is 0.634. The number of benzene rings is 8. The Morgan fingerprint density at radius 3 is 1.33 bits per heavy atom. The summed E-state index contributed by atoms with van der Waals surface area (Å²) < 4.78 is 11.1. The highest BCUT2D eigenvalue weighted by molar-refractivity contribution is 6.11. The fourth-order valence-corrected chi connectivity index (χ4v) is 8.75. The van der Waals surface area contributed by atoms with Crippen LogP contribution >= 0.6 is 0 Å². The molecule has 4 aromatic heterocycles. The molecular weight excluding hydrogens is 697 g/mol. The largest absolute Gasteiger partial charge is 0.456 e. The first-order valence-corrected chi connectivity index (χ1v) is 19.2. The standard InChI is InChI=1S/C52H32N4O/c1-2-14-33(15-3-1)44-32-45(54-52(53-44)34-26-27-43-42-20-8-13-25-50(42)57-51(43)30-34)35-28-36(55-46-21-9-4-16-38(46)39-17-5-10-22-47(39)55)31-37(29-35)56-48-23-11-6-18-40(48)41-19-7-12-24-49(41)56/h1-32H. The highest BCUT2D eigenvalue weighted by atomic mass is 16.3. The second-order valence-electron chi connectivity index (χ2n) is 14.6. The molecule has 12 rings (SSSR count). The van der Waals surface area contributed by atoms with Crippen LogP contribution in [0.15, 0.2) is 199 Å². The third-order valence-corrected chi connectivity index (χ3v) is 11.3. The summed E-state index contributed by atoms with van der Waals surface area (Å²) in [6.45, 7) is 0. The smallest absolute Gasteiger partial charge is 0.160 e. The van der Waals surface area contributed by atoms with Gasteiger partial charge in [0.1, 0.15) is 11.2 Å². The van der Waals surface area contributed by atoms with E-state index in [4.69, 9.17) is 14.4 Å². The molecule has 57 heavy (non-hydrogen) atoms. The lowest BCUT2D eigenvalue weighted by atomic mass is 10.0. The molecule has 0 bridgehead atoms. The van der Waals surface area contributed by atoms with Gasteiger partial charge in [-0.2, -0.15) is 0 Å². The third-order valence-electron chi connectivity index (χ3n) is 11.3. The molecule has 8 aromatic carbocycles. The molecule has 0 unspecified atom stereocenters. The Morgan fingerprint density at radius 2 is 0.772 bits per heavy atom. The topological polar surface area (TPSA) is 48.8 Å². The normalized spacial score (nSPS) is 11.9. The van der Waals surface area contributed by atoms with Crippen LogP contribution in [0.1, 0.15) is 0 Å². The van der Waals surface area contributed by atoms with Gasteiger partial charge in [-0.1, -0.05) is 127 Å². The molecule has 0 aliphatic rings. The van der Waals surface area contributed by atoms with Crippen LogP contribution in [0, 0.1) is 0 Å². The van der Waals surface area contributed by atoms with Gasteiger partial charge in [-0.05, 0) is 66.7 Å². The van der Waals surface area contributed by atoms with Gasteiger partial charge in [0.2, 0.25) is 0 Å². The van der Waals surface area contributed by atoms with E-state index < -0.39 is 0 Å². The maximum atomic E-state index is 6.34. The van der Waals surface area contributed by atoms with E-state index in [0.717, 1.165) is 83.5 Å². The molecule has 0 saturated carbocycles. The summed E-state index contributed by atoms with van der Waals surface area (Å²) in [4.78, 5) is 10.6. The Hall–Kier alpha value is -7.76. The number of fused-ring (bicyclic) bond motifs is 9. The molecule has 0 radical (unpaired) electrons. The molecule has 5 heteroatoms. The van der Waals surface area contributed by atoms with Crippen molar-refractivity contribution in [3.63, 3.8) is 0 Å². The summed E-state index contributed by atoms with van der Waals surface area (Å²) in [5.74, 6) is 0.634. The number of hydrogen-bond acceptors (Lipinski definition) is 3. The zero-order chi connectivity index (χ0) is 37.5. The number of nitrogens with zero attached hydrogens (tertiary/aromatic N) is 4. The Kier molecular flexibility index (Phi) is 6.86. The van der Waals surface area contributed by atoms with Crippen LogP contribution in [0.4, 0.5) is 0 Å². The number of aromatic nitrogens is 4. The first-order chi connectivity index (χ1) is 28.2. The number of furan rings is 1. The van der Waals surface area contributed by atoms with Crippen molar-refractivity contribution in [2.24, 2.45) is 0 Å². The lowest BCUT2D eigenvalue weighted by Gasteiger charge is -2.16. The molecule has 5 nitrogen and oxygen atoms in total. The van der Waals surface area contributed by atoms with Crippen molar-refractivity contribution in [2.75, 3.05) is 0 Å². The van der Waals surface area contributed by atoms with Crippen molar-refractivity contribution >= 4 is 65.6 Å². The molecule has 266 valence electrons. The van der Waals surface area contributed by atoms with E-state index in [2.05, 4.69) is 179 Å². The highest BCUT2D eigenvalue weighted by Crippen LogP contribution is 2.39. The molecule has 0 aliphatic heterocycles. The molecule has 0 amide bonds. The molecule has 0 N–H and O–H groups in total. The Labute approximate surface area is 327 Å². The van der Waals surface area contributed by atoms with E-state index in [1.54, 1.807) is 0 Å². The van der Waals surface area contributed by atoms with Gasteiger partial charge in [0.05, 0.1) is 33.5 Å². The molecule has 0 fully saturated rings. The van der Waals surface area contributed by atoms with Crippen LogP contribution in [0.25, 0.3) is 111 Å². The van der Waals surface area contributed by atoms with Gasteiger partial charge in [-0.25, -0.2) is 9.97 Å². The summed E-state index contributed by atoms with van der Waals surface area (Å²) in [5, 5.41) is 7.03. The van der Waals surface area contributed by atoms with Gasteiger partial charge >= 0.3 is 0 Å². The molecule has 0 atom stereocenters. The second-order valence-corrected chi connectivity index (χ2v) is 14.6. The minimum Gasteiger partial charge on any atom is -0.456 e. The average Bonchev–Trinajstić information content (AvgIpc) is 3.94. The van der Waals surface area contributed by atoms with Gasteiger partial charge in [0, 0.05) is 60.4 Å². The third kappa shape index (κ3) is 4.96. The quantitative estimate of drug-likeness (QED) is 0.177. The summed E-state index contributed by atoms with van der Waals surface area (Å²) >= 11 is 0. The monoisotopic (exact) mass is 728 g/mol. The fraction of sp³-hybridized carbons (Fsp3) is 0. The Balaban J connectivity index is 1.15. The van der Waals surface area contributed by atoms with E-state index in [-0.39, 0.29) is 0 Å². The SMILES string of the molecule is c1ccc(-c2cc(-c3cc(-n4c5ccccc5c5ccccc54)cc(-n4c5ccccc5c5ccccc54)c3)nc(-c3ccc4c(c3)oc3ccccc34)n2)cc1. The lowest BCUT2D eigenvalue weighted by molar-refractivity contribution is 0.669. The van der Waals surface area contributed by atoms with Crippen LogP contribution in [0.3, 0.4) is 0 Å². The fourth-order valence-electron chi connectivity index (χ4n) is 8.75. The molecule has 0 spiro atoms. The first kappa shape index (κ1) is 31.6. The zero-order valence-electron chi connectivity index (χ0n) is 30.7. The van der Waals surface area contributed by atoms with Crippen molar-refractivity contribution in [3.8, 4) is 45.3 Å². The Bertz CT molecular complexity index is 3300. The van der Waals surface area contributed by atoms with Crippen LogP contribution < -0.4 is 0 Å². The van der Waals surface area contributed by atoms with Crippen LogP contribution in [-0.2, 0) is 0 Å². The molecular formula is C52H32N4O. The zero-order valence-corrected chi connectivity index (χ0v) is 30.7. The molecule has 0 aliphatic carbocycles. The predicted molar refractivity (Wildman–Crippen MR) is 234 cm³/mol. The molecule has 12 aromatic rings. The lowest BCUT2D eigenvalue weighted by Crippen LogP contribution is -2.01. The van der Waals surface area contributed by atoms with Crippen molar-refractivity contribution in [3.05, 3.63) is 194 Å². The van der Waals surface area contributed by atoms with Crippen molar-refractivity contribution < 1.29 is 4.42 Å². The van der Waals surface area contributed by atoms with Crippen molar-refractivity contribution in [2.45, 2.75) is 0 Å². The van der Waals surface area contributed by atoms with Gasteiger partial charge in [0.15, 0.2) is 5.82 Å². The van der Waals surface area contributed by atoms with E-state index in [1.807, 2.05) is 24.3 Å². The number of rotatable bonds is 5. The van der Waals surface area contributed by atoms with E-state index in [1.165, 1.54) is 21.5 Å². The summed E-state index contributed by atoms with van der Waals surface area (Å²) in [6.07, 6.45) is 0. The number of hydrogen-bond donors (Lipinski definition) is 0. The summed E-state index contributed by atoms with van der Waals surface area (Å²) in [6, 6.07) is 68.5. The summed E-state index contributed by atoms with van der Waals surface area (Å²) in [5.41, 5.74) is 12.9. The predicted octanol–water partition coefficient (Wildman–Crippen LogP) is 13.6. The van der Waals surface area contributed by atoms with E-state index in [9.17, 15) is 0 Å². The highest BCUT2D eigenvalue weighted by Gasteiger charge is 2.19. The number of para-hydroxylation sites is 5. The van der Waals surface area contributed by atoms with Gasteiger partial charge < -0.3 is 13.6 Å². The second kappa shape index (κ2) is 12.4. The van der Waals surface area contributed by atoms with Crippen LogP contribution in [0.2, 0.25) is 0 Å². The van der Waals surface area contributed by atoms with Gasteiger partial charge in [-0.3, -0.25) is 0 Å². The Morgan fingerprint density at radius 1 is 0.316 bits per heavy atom. The van der Waals surface area contributed by atoms with E-state index >= 15 is 0 Å². The maximum absolute atomic E-state index is 6.34. The summed E-state index contributed by atoms with van der Waals surface area (Å²) in [7, 11) is 0. The first-order valence-electron chi connectivity index (χ1n) is 19.2. The van der Waals surface area contributed by atoms with E-state index in [0.29, 0.717) is 5.82 Å². The molecule has 0 saturated heterocycles. The maximum Gasteiger partial charge on any atom is 0.160 e. The van der Waals surface area contributed by atoms with Crippen molar-refractivity contribution in [1.82, 2.24) is 19.1 Å².